The minimum Gasteiger partial charge on any atom is -0.397 e. The Balaban J connectivity index is 1.27. The zero-order valence-electron chi connectivity index (χ0n) is 26.1. The van der Waals surface area contributed by atoms with Crippen LogP contribution >= 0.6 is 15.9 Å². The number of nitrogen functional groups attached to an aromatic ring is 1. The average Bonchev–Trinajstić information content (AvgIpc) is 3.19. The third kappa shape index (κ3) is 7.71. The van der Waals surface area contributed by atoms with Crippen molar-refractivity contribution in [3.05, 3.63) is 57.6 Å². The predicted molar refractivity (Wildman–Crippen MR) is 173 cm³/mol. The van der Waals surface area contributed by atoms with E-state index in [1.165, 1.54) is 6.07 Å². The first kappa shape index (κ1) is 33.8. The number of likely N-dealkylation sites (tertiary alicyclic amines) is 2. The van der Waals surface area contributed by atoms with E-state index in [0.717, 1.165) is 36.6 Å². The number of carbonyl (C=O) groups excluding carboxylic acids is 3. The Labute approximate surface area is 275 Å². The van der Waals surface area contributed by atoms with E-state index in [0.29, 0.717) is 51.6 Å². The van der Waals surface area contributed by atoms with Gasteiger partial charge in [-0.05, 0) is 91.5 Å². The van der Waals surface area contributed by atoms with Crippen molar-refractivity contribution < 1.29 is 27.6 Å². The van der Waals surface area contributed by atoms with Crippen LogP contribution < -0.4 is 16.4 Å². The third-order valence-electron chi connectivity index (χ3n) is 9.37. The van der Waals surface area contributed by atoms with Gasteiger partial charge in [-0.15, -0.1) is 0 Å². The topological polar surface area (TPSA) is 114 Å². The van der Waals surface area contributed by atoms with Crippen molar-refractivity contribution in [1.29, 1.82) is 0 Å². The molecule has 0 aromatic heterocycles. The van der Waals surface area contributed by atoms with Crippen LogP contribution in [0.4, 0.5) is 34.1 Å². The molecule has 0 bridgehead atoms. The number of fused-ring (bicyclic) bond motifs is 1. The highest BCUT2D eigenvalue weighted by atomic mass is 79.9. The Morgan fingerprint density at radius 3 is 2.35 bits per heavy atom. The lowest BCUT2D eigenvalue weighted by molar-refractivity contribution is -0.137. The van der Waals surface area contributed by atoms with Crippen molar-refractivity contribution in [2.24, 2.45) is 0 Å². The van der Waals surface area contributed by atoms with Gasteiger partial charge < -0.3 is 36.0 Å². The lowest BCUT2D eigenvalue weighted by atomic mass is 9.99. The minimum atomic E-state index is -4.68. The fraction of sp³-hybridized carbons (Fsp3) is 0.531. The highest BCUT2D eigenvalue weighted by Gasteiger charge is 2.37. The van der Waals surface area contributed by atoms with Gasteiger partial charge in [0.1, 0.15) is 6.04 Å². The molecule has 1 unspecified atom stereocenters. The Morgan fingerprint density at radius 2 is 1.70 bits per heavy atom. The van der Waals surface area contributed by atoms with Gasteiger partial charge in [0.15, 0.2) is 0 Å². The van der Waals surface area contributed by atoms with E-state index >= 15 is 0 Å². The molecule has 2 saturated heterocycles. The summed E-state index contributed by atoms with van der Waals surface area (Å²) in [7, 11) is 3.98. The van der Waals surface area contributed by atoms with Crippen LogP contribution in [0.5, 0.6) is 0 Å². The number of urea groups is 2. The number of nitrogens with zero attached hydrogens (tertiary/aromatic N) is 4. The molecule has 2 aromatic carbocycles. The molecule has 1 atom stereocenters. The lowest BCUT2D eigenvalue weighted by Gasteiger charge is -2.39. The number of piperidine rings is 2. The first-order valence-electron chi connectivity index (χ1n) is 15.6. The number of nitrogens with one attached hydrogen (secondary N) is 2. The zero-order chi connectivity index (χ0) is 33.2. The second-order valence-corrected chi connectivity index (χ2v) is 13.4. The summed E-state index contributed by atoms with van der Waals surface area (Å²) in [6.07, 6.45) is -1.45. The van der Waals surface area contributed by atoms with Crippen LogP contribution in [0.3, 0.4) is 0 Å². The number of para-hydroxylation sites is 1. The molecule has 5 rings (SSSR count). The summed E-state index contributed by atoms with van der Waals surface area (Å²) in [6, 6.07) is 8.70. The first-order chi connectivity index (χ1) is 21.8. The SMILES string of the molecule is CN(C)C1CCN(C(=O)C(Cc2cc(Br)c(N)c(C(F)(F)F)c2)NC(=O)N2CCC(N3CCc4ccccc4NC3=O)CC2)CC1. The van der Waals surface area contributed by atoms with E-state index in [1.54, 1.807) is 9.80 Å². The van der Waals surface area contributed by atoms with E-state index in [9.17, 15) is 27.6 Å². The highest BCUT2D eigenvalue weighted by molar-refractivity contribution is 9.10. The fourth-order valence-electron chi connectivity index (χ4n) is 6.64. The maximum Gasteiger partial charge on any atom is 0.418 e. The number of hydrogen-bond acceptors (Lipinski definition) is 5. The van der Waals surface area contributed by atoms with Crippen molar-refractivity contribution >= 4 is 45.3 Å². The maximum atomic E-state index is 13.8. The van der Waals surface area contributed by atoms with Gasteiger partial charge >= 0.3 is 18.2 Å². The number of benzene rings is 2. The molecule has 4 N–H and O–H groups in total. The molecule has 3 heterocycles. The molecule has 5 amide bonds. The quantitative estimate of drug-likeness (QED) is 0.374. The molecule has 46 heavy (non-hydrogen) atoms. The molecular formula is C32H41BrF3N7O3. The summed E-state index contributed by atoms with van der Waals surface area (Å²) in [5.74, 6) is -0.331. The van der Waals surface area contributed by atoms with Gasteiger partial charge in [0.05, 0.1) is 11.3 Å². The van der Waals surface area contributed by atoms with Crippen molar-refractivity contribution in [2.45, 2.75) is 62.8 Å². The number of amides is 5. The molecule has 0 saturated carbocycles. The van der Waals surface area contributed by atoms with Gasteiger partial charge in [-0.3, -0.25) is 4.79 Å². The van der Waals surface area contributed by atoms with Gasteiger partial charge in [0.2, 0.25) is 5.91 Å². The highest BCUT2D eigenvalue weighted by Crippen LogP contribution is 2.38. The van der Waals surface area contributed by atoms with Gasteiger partial charge in [0, 0.05) is 61.4 Å². The summed E-state index contributed by atoms with van der Waals surface area (Å²) in [6.45, 7) is 2.28. The van der Waals surface area contributed by atoms with Crippen LogP contribution in [0.25, 0.3) is 0 Å². The predicted octanol–water partition coefficient (Wildman–Crippen LogP) is 4.78. The molecule has 10 nitrogen and oxygen atoms in total. The summed E-state index contributed by atoms with van der Waals surface area (Å²) in [4.78, 5) is 47.6. The number of anilines is 2. The number of nitrogens with two attached hydrogens (primary N) is 1. The number of carbonyl (C=O) groups is 3. The van der Waals surface area contributed by atoms with Crippen molar-refractivity contribution in [2.75, 3.05) is 57.9 Å². The van der Waals surface area contributed by atoms with E-state index < -0.39 is 29.5 Å². The van der Waals surface area contributed by atoms with E-state index in [4.69, 9.17) is 5.73 Å². The molecule has 250 valence electrons. The Morgan fingerprint density at radius 1 is 1.04 bits per heavy atom. The largest absolute Gasteiger partial charge is 0.418 e. The van der Waals surface area contributed by atoms with Crippen LogP contribution in [0.2, 0.25) is 0 Å². The number of alkyl halides is 3. The van der Waals surface area contributed by atoms with Crippen LogP contribution in [-0.4, -0.2) is 103 Å². The lowest BCUT2D eigenvalue weighted by Crippen LogP contribution is -2.57. The van der Waals surface area contributed by atoms with E-state index in [1.807, 2.05) is 43.3 Å². The van der Waals surface area contributed by atoms with Gasteiger partial charge in [-0.25, -0.2) is 9.59 Å². The normalized spacial score (nSPS) is 19.0. The van der Waals surface area contributed by atoms with Gasteiger partial charge in [-0.1, -0.05) is 18.2 Å². The van der Waals surface area contributed by atoms with Gasteiger partial charge in [-0.2, -0.15) is 13.2 Å². The van der Waals surface area contributed by atoms with Crippen molar-refractivity contribution in [3.8, 4) is 0 Å². The molecule has 2 aromatic rings. The number of rotatable bonds is 6. The monoisotopic (exact) mass is 707 g/mol. The van der Waals surface area contributed by atoms with Crippen LogP contribution in [0.15, 0.2) is 40.9 Å². The standard InChI is InChI=1S/C32H41BrF3N7O3/c1-40(2)22-8-12-41(13-9-22)29(44)27(19-20-17-24(32(34,35)36)28(37)25(33)18-20)39-30(45)42-14-10-23(11-15-42)43-16-7-21-5-3-4-6-26(21)38-31(43)46/h3-6,17-18,22-23,27H,7-16,19,37H2,1-2H3,(H,38,46)(H,39,45). The third-order valence-corrected chi connectivity index (χ3v) is 10.0. The molecular weight excluding hydrogens is 667 g/mol. The van der Waals surface area contributed by atoms with Crippen molar-refractivity contribution in [3.63, 3.8) is 0 Å². The summed E-state index contributed by atoms with van der Waals surface area (Å²) < 4.78 is 41.3. The molecule has 2 fully saturated rings. The van der Waals surface area contributed by atoms with Gasteiger partial charge in [0.25, 0.3) is 0 Å². The molecule has 3 aliphatic heterocycles. The maximum absolute atomic E-state index is 13.8. The Bertz CT molecular complexity index is 1440. The van der Waals surface area contributed by atoms with Crippen molar-refractivity contribution in [1.82, 2.24) is 24.9 Å². The molecule has 14 heteroatoms. The second-order valence-electron chi connectivity index (χ2n) is 12.5. The van der Waals surface area contributed by atoms with Crippen LogP contribution in [-0.2, 0) is 23.8 Å². The van der Waals surface area contributed by atoms with E-state index in [-0.39, 0.29) is 34.4 Å². The zero-order valence-corrected chi connectivity index (χ0v) is 27.7. The summed E-state index contributed by atoms with van der Waals surface area (Å²) in [5.41, 5.74) is 6.40. The molecule has 0 spiro atoms. The van der Waals surface area contributed by atoms with Crippen LogP contribution in [0.1, 0.15) is 42.4 Å². The minimum absolute atomic E-state index is 0.0540. The molecule has 0 radical (unpaired) electrons. The average molecular weight is 709 g/mol. The number of halogens is 4. The summed E-state index contributed by atoms with van der Waals surface area (Å²) in [5, 5.41) is 5.84. The first-order valence-corrected chi connectivity index (χ1v) is 16.4. The summed E-state index contributed by atoms with van der Waals surface area (Å²) >= 11 is 3.13. The molecule has 0 aliphatic carbocycles. The van der Waals surface area contributed by atoms with Crippen LogP contribution in [0, 0.1) is 0 Å². The smallest absolute Gasteiger partial charge is 0.397 e. The van der Waals surface area contributed by atoms with E-state index in [2.05, 4.69) is 31.5 Å². The number of hydrogen-bond donors (Lipinski definition) is 3. The molecule has 3 aliphatic rings. The Kier molecular flexibility index (Phi) is 10.4. The second kappa shape index (κ2) is 14.1. The Hall–Kier alpha value is -3.52. The fourth-order valence-corrected chi connectivity index (χ4v) is 7.15.